The van der Waals surface area contributed by atoms with E-state index in [1.807, 2.05) is 0 Å². The van der Waals surface area contributed by atoms with Gasteiger partial charge in [-0.15, -0.1) is 15.3 Å². The quantitative estimate of drug-likeness (QED) is 0.343. The van der Waals surface area contributed by atoms with Crippen LogP contribution in [0.15, 0.2) is 51.4 Å². The average molecular weight is 415 g/mol. The number of alkyl halides is 2. The molecule has 11 heteroatoms. The van der Waals surface area contributed by atoms with Crippen LogP contribution in [-0.2, 0) is 6.54 Å². The molecule has 0 radical (unpaired) electrons. The maximum absolute atomic E-state index is 12.5. The standard InChI is InChI=1S/C18H11F2N5O3S/c19-14(20)17-23-22-15(27-17)12-4-5-13(21-7-12)8-25-18(29)28-16(24-25)11-3-1-2-10(6-11)9-26/h1-7,9,14H,8H2. The molecule has 0 N–H and O–H groups in total. The first kappa shape index (κ1) is 18.7. The number of halogens is 2. The smallest absolute Gasteiger partial charge is 0.314 e. The van der Waals surface area contributed by atoms with Crippen molar-refractivity contribution in [3.8, 4) is 22.9 Å². The molecule has 0 saturated carbocycles. The fourth-order valence-corrected chi connectivity index (χ4v) is 2.69. The second-order valence-electron chi connectivity index (χ2n) is 5.86. The van der Waals surface area contributed by atoms with Crippen LogP contribution >= 0.6 is 12.2 Å². The molecule has 0 aliphatic rings. The highest BCUT2D eigenvalue weighted by atomic mass is 32.1. The molecule has 4 aromatic rings. The van der Waals surface area contributed by atoms with E-state index in [-0.39, 0.29) is 23.2 Å². The van der Waals surface area contributed by atoms with Gasteiger partial charge in [-0.1, -0.05) is 12.1 Å². The van der Waals surface area contributed by atoms with E-state index in [1.165, 1.54) is 10.9 Å². The zero-order valence-electron chi connectivity index (χ0n) is 14.5. The Morgan fingerprint density at radius 2 is 1.97 bits per heavy atom. The summed E-state index contributed by atoms with van der Waals surface area (Å²) >= 11 is 5.19. The molecule has 1 aromatic carbocycles. The number of hydrogen-bond donors (Lipinski definition) is 0. The van der Waals surface area contributed by atoms with E-state index in [0.717, 1.165) is 6.29 Å². The van der Waals surface area contributed by atoms with Gasteiger partial charge < -0.3 is 8.83 Å². The molecule has 0 amide bonds. The Labute approximate surface area is 166 Å². The van der Waals surface area contributed by atoms with Crippen molar-refractivity contribution >= 4 is 18.5 Å². The van der Waals surface area contributed by atoms with Gasteiger partial charge in [0.05, 0.1) is 17.8 Å². The lowest BCUT2D eigenvalue weighted by atomic mass is 10.1. The monoisotopic (exact) mass is 415 g/mol. The minimum absolute atomic E-state index is 0.0465. The molecule has 0 aliphatic heterocycles. The van der Waals surface area contributed by atoms with Crippen molar-refractivity contribution in [2.75, 3.05) is 0 Å². The van der Waals surface area contributed by atoms with E-state index in [4.69, 9.17) is 21.1 Å². The van der Waals surface area contributed by atoms with Gasteiger partial charge in [0.25, 0.3) is 10.7 Å². The minimum atomic E-state index is -2.83. The van der Waals surface area contributed by atoms with Crippen LogP contribution in [0.3, 0.4) is 0 Å². The molecule has 0 aliphatic carbocycles. The molecule has 0 saturated heterocycles. The molecule has 0 spiro atoms. The van der Waals surface area contributed by atoms with Crippen LogP contribution in [-0.4, -0.2) is 31.2 Å². The molecule has 0 atom stereocenters. The van der Waals surface area contributed by atoms with E-state index < -0.39 is 12.3 Å². The summed E-state index contributed by atoms with van der Waals surface area (Å²) in [5.41, 5.74) is 2.11. The van der Waals surface area contributed by atoms with Crippen LogP contribution in [0.25, 0.3) is 22.9 Å². The third kappa shape index (κ3) is 3.99. The van der Waals surface area contributed by atoms with Crippen LogP contribution in [0.4, 0.5) is 8.78 Å². The fraction of sp³-hybridized carbons (Fsp3) is 0.111. The number of benzene rings is 1. The average Bonchev–Trinajstić information content (AvgIpc) is 3.36. The second kappa shape index (κ2) is 7.80. The van der Waals surface area contributed by atoms with Crippen LogP contribution in [0.1, 0.15) is 28.4 Å². The van der Waals surface area contributed by atoms with Crippen LogP contribution in [0.2, 0.25) is 0 Å². The van der Waals surface area contributed by atoms with E-state index in [2.05, 4.69) is 20.3 Å². The zero-order valence-corrected chi connectivity index (χ0v) is 15.3. The number of carbonyl (C=O) groups is 1. The number of aromatic nitrogens is 5. The van der Waals surface area contributed by atoms with E-state index in [9.17, 15) is 13.6 Å². The van der Waals surface area contributed by atoms with Crippen molar-refractivity contribution in [2.45, 2.75) is 13.0 Å². The molecule has 4 rings (SSSR count). The Hall–Kier alpha value is -3.60. The number of pyridine rings is 1. The van der Waals surface area contributed by atoms with E-state index in [1.54, 1.807) is 36.4 Å². The van der Waals surface area contributed by atoms with Gasteiger partial charge in [0.1, 0.15) is 6.29 Å². The number of nitrogens with zero attached hydrogens (tertiary/aromatic N) is 5. The SMILES string of the molecule is O=Cc1cccc(-c2nn(Cc3ccc(-c4nnc(C(F)F)o4)cn3)c(=S)o2)c1. The summed E-state index contributed by atoms with van der Waals surface area (Å²) in [6, 6.07) is 10.1. The summed E-state index contributed by atoms with van der Waals surface area (Å²) in [6.07, 6.45) is -0.677. The van der Waals surface area contributed by atoms with Gasteiger partial charge >= 0.3 is 6.43 Å². The topological polar surface area (TPSA) is 99.8 Å². The maximum Gasteiger partial charge on any atom is 0.314 e. The first-order valence-corrected chi connectivity index (χ1v) is 8.65. The number of carbonyl (C=O) groups excluding carboxylic acids is 1. The molecule has 0 unspecified atom stereocenters. The van der Waals surface area contributed by atoms with Crippen LogP contribution < -0.4 is 0 Å². The summed E-state index contributed by atoms with van der Waals surface area (Å²) in [7, 11) is 0. The number of aldehydes is 1. The third-order valence-corrected chi connectivity index (χ3v) is 4.18. The summed E-state index contributed by atoms with van der Waals surface area (Å²) < 4.78 is 36.9. The van der Waals surface area contributed by atoms with E-state index in [0.29, 0.717) is 22.4 Å². The lowest BCUT2D eigenvalue weighted by Crippen LogP contribution is -2.03. The summed E-state index contributed by atoms with van der Waals surface area (Å²) in [5.74, 6) is -0.514. The Morgan fingerprint density at radius 3 is 2.66 bits per heavy atom. The fourth-order valence-electron chi connectivity index (χ4n) is 2.51. The lowest BCUT2D eigenvalue weighted by molar-refractivity contribution is 0.112. The molecule has 0 fully saturated rings. The van der Waals surface area contributed by atoms with Crippen LogP contribution in [0.5, 0.6) is 0 Å². The first-order chi connectivity index (χ1) is 14.0. The number of rotatable bonds is 6. The highest BCUT2D eigenvalue weighted by Crippen LogP contribution is 2.23. The van der Waals surface area contributed by atoms with Crippen molar-refractivity contribution in [1.82, 2.24) is 25.0 Å². The highest BCUT2D eigenvalue weighted by molar-refractivity contribution is 7.71. The van der Waals surface area contributed by atoms with Gasteiger partial charge in [-0.2, -0.15) is 8.78 Å². The predicted octanol–water partition coefficient (Wildman–Crippen LogP) is 4.12. The Balaban J connectivity index is 1.54. The Kier molecular flexibility index (Phi) is 5.04. The Morgan fingerprint density at radius 1 is 1.10 bits per heavy atom. The van der Waals surface area contributed by atoms with Crippen molar-refractivity contribution in [3.05, 3.63) is 64.6 Å². The first-order valence-electron chi connectivity index (χ1n) is 8.24. The van der Waals surface area contributed by atoms with Crippen LogP contribution in [0, 0.1) is 4.84 Å². The van der Waals surface area contributed by atoms with Crippen molar-refractivity contribution in [1.29, 1.82) is 0 Å². The zero-order chi connectivity index (χ0) is 20.4. The van der Waals surface area contributed by atoms with Gasteiger partial charge in [-0.25, -0.2) is 4.68 Å². The maximum atomic E-state index is 12.5. The lowest BCUT2D eigenvalue weighted by Gasteiger charge is -2.01. The Bertz CT molecular complexity index is 1220. The highest BCUT2D eigenvalue weighted by Gasteiger charge is 2.17. The summed E-state index contributed by atoms with van der Waals surface area (Å²) in [5, 5.41) is 11.2. The van der Waals surface area contributed by atoms with Crippen molar-refractivity contribution < 1.29 is 22.4 Å². The largest absolute Gasteiger partial charge is 0.415 e. The van der Waals surface area contributed by atoms with E-state index >= 15 is 0 Å². The predicted molar refractivity (Wildman–Crippen MR) is 97.7 cm³/mol. The minimum Gasteiger partial charge on any atom is -0.415 e. The normalized spacial score (nSPS) is 11.1. The van der Waals surface area contributed by atoms with Gasteiger partial charge in [0, 0.05) is 17.3 Å². The van der Waals surface area contributed by atoms with Gasteiger partial charge in [0.15, 0.2) is 0 Å². The van der Waals surface area contributed by atoms with Gasteiger partial charge in [-0.3, -0.25) is 9.78 Å². The van der Waals surface area contributed by atoms with Crippen molar-refractivity contribution in [2.24, 2.45) is 0 Å². The van der Waals surface area contributed by atoms with Gasteiger partial charge in [-0.05, 0) is 36.5 Å². The molecular weight excluding hydrogens is 404 g/mol. The molecular formula is C18H11F2N5O3S. The number of hydrogen-bond acceptors (Lipinski definition) is 8. The summed E-state index contributed by atoms with van der Waals surface area (Å²) in [6.45, 7) is 0.224. The molecule has 146 valence electrons. The van der Waals surface area contributed by atoms with Gasteiger partial charge in [0.2, 0.25) is 11.8 Å². The molecule has 0 bridgehead atoms. The second-order valence-corrected chi connectivity index (χ2v) is 6.21. The molecule has 8 nitrogen and oxygen atoms in total. The molecule has 3 heterocycles. The van der Waals surface area contributed by atoms with Crippen molar-refractivity contribution in [3.63, 3.8) is 0 Å². The third-order valence-electron chi connectivity index (χ3n) is 3.89. The molecule has 29 heavy (non-hydrogen) atoms. The molecule has 3 aromatic heterocycles. The summed E-state index contributed by atoms with van der Waals surface area (Å²) in [4.78, 5) is 15.3.